The van der Waals surface area contributed by atoms with E-state index >= 15 is 0 Å². The smallest absolute Gasteiger partial charge is 0.265 e. The van der Waals surface area contributed by atoms with Crippen molar-refractivity contribution >= 4 is 44.6 Å². The summed E-state index contributed by atoms with van der Waals surface area (Å²) in [6.45, 7) is 4.37. The van der Waals surface area contributed by atoms with Gasteiger partial charge in [0.25, 0.3) is 5.91 Å². The number of benzene rings is 1. The largest absolute Gasteiger partial charge is 0.397 e. The molecule has 2 aromatic rings. The van der Waals surface area contributed by atoms with Gasteiger partial charge in [0.15, 0.2) is 0 Å². The van der Waals surface area contributed by atoms with Crippen LogP contribution in [-0.4, -0.2) is 24.4 Å². The van der Waals surface area contributed by atoms with Gasteiger partial charge in [0.05, 0.1) is 5.69 Å². The topological polar surface area (TPSA) is 46.3 Å². The van der Waals surface area contributed by atoms with Crippen LogP contribution in [0.3, 0.4) is 0 Å². The first-order valence-corrected chi connectivity index (χ1v) is 7.58. The Morgan fingerprint density at radius 2 is 2.30 bits per heavy atom. The lowest BCUT2D eigenvalue weighted by atomic mass is 10.2. The lowest BCUT2D eigenvalue weighted by Crippen LogP contribution is -2.27. The molecule has 0 aliphatic carbocycles. The molecule has 2 N–H and O–H groups in total. The highest BCUT2D eigenvalue weighted by Gasteiger charge is 2.19. The maximum absolute atomic E-state index is 12.4. The summed E-state index contributed by atoms with van der Waals surface area (Å²) >= 11 is 7.38. The molecule has 3 nitrogen and oxygen atoms in total. The Labute approximate surface area is 127 Å². The molecule has 5 heteroatoms. The molecule has 0 saturated heterocycles. The fourth-order valence-corrected chi connectivity index (χ4v) is 3.27. The van der Waals surface area contributed by atoms with Crippen molar-refractivity contribution in [2.45, 2.75) is 12.8 Å². The van der Waals surface area contributed by atoms with Crippen molar-refractivity contribution in [1.82, 2.24) is 4.90 Å². The molecule has 0 fully saturated rings. The molecule has 1 amide bonds. The van der Waals surface area contributed by atoms with Crippen molar-refractivity contribution in [2.24, 2.45) is 0 Å². The number of allylic oxidation sites excluding steroid dienone is 1. The highest BCUT2D eigenvalue weighted by molar-refractivity contribution is 7.21. The summed E-state index contributed by atoms with van der Waals surface area (Å²) in [5.41, 5.74) is 6.61. The van der Waals surface area contributed by atoms with E-state index in [-0.39, 0.29) is 5.91 Å². The molecule has 0 saturated carbocycles. The number of halogens is 1. The molecule has 1 heterocycles. The third-order valence-electron chi connectivity index (χ3n) is 3.13. The van der Waals surface area contributed by atoms with Crippen LogP contribution in [0.1, 0.15) is 22.5 Å². The summed E-state index contributed by atoms with van der Waals surface area (Å²) in [6, 6.07) is 5.51. The number of unbranched alkanes of at least 4 members (excludes halogenated alkanes) is 1. The van der Waals surface area contributed by atoms with Crippen molar-refractivity contribution in [1.29, 1.82) is 0 Å². The fourth-order valence-electron chi connectivity index (χ4n) is 2.00. The number of carbonyl (C=O) groups is 1. The van der Waals surface area contributed by atoms with E-state index in [2.05, 4.69) is 6.58 Å². The molecule has 1 aromatic carbocycles. The molecule has 0 radical (unpaired) electrons. The Kier molecular flexibility index (Phi) is 4.68. The summed E-state index contributed by atoms with van der Waals surface area (Å²) in [4.78, 5) is 14.7. The molecule has 1 aromatic heterocycles. The van der Waals surface area contributed by atoms with Crippen LogP contribution in [-0.2, 0) is 0 Å². The van der Waals surface area contributed by atoms with Crippen molar-refractivity contribution in [2.75, 3.05) is 19.3 Å². The van der Waals surface area contributed by atoms with Gasteiger partial charge in [-0.3, -0.25) is 4.79 Å². The van der Waals surface area contributed by atoms with Gasteiger partial charge in [-0.15, -0.1) is 17.9 Å². The first-order chi connectivity index (χ1) is 9.54. The number of nitrogens with two attached hydrogens (primary N) is 1. The SMILES string of the molecule is C=CCCCN(C)C(=O)c1sc2ccc(Cl)cc2c1N. The lowest BCUT2D eigenvalue weighted by Gasteiger charge is -2.16. The van der Waals surface area contributed by atoms with Gasteiger partial charge in [-0.1, -0.05) is 17.7 Å². The van der Waals surface area contributed by atoms with Crippen LogP contribution in [0.15, 0.2) is 30.9 Å². The zero-order chi connectivity index (χ0) is 14.7. The Morgan fingerprint density at radius 3 is 3.00 bits per heavy atom. The summed E-state index contributed by atoms with van der Waals surface area (Å²) in [7, 11) is 1.79. The number of nitrogens with zero attached hydrogens (tertiary/aromatic N) is 1. The summed E-state index contributed by atoms with van der Waals surface area (Å²) < 4.78 is 0.981. The average molecular weight is 309 g/mol. The molecule has 106 valence electrons. The van der Waals surface area contributed by atoms with Gasteiger partial charge < -0.3 is 10.6 Å². The number of amides is 1. The minimum absolute atomic E-state index is 0.0381. The van der Waals surface area contributed by atoms with Gasteiger partial charge in [0, 0.05) is 28.7 Å². The molecule has 0 atom stereocenters. The standard InChI is InChI=1S/C15H17ClN2OS/c1-3-4-5-8-18(2)15(19)14-13(17)11-9-10(16)6-7-12(11)20-14/h3,6-7,9H,1,4-5,8,17H2,2H3. The van der Waals surface area contributed by atoms with Gasteiger partial charge in [-0.25, -0.2) is 0 Å². The fraction of sp³-hybridized carbons (Fsp3) is 0.267. The number of carbonyl (C=O) groups excluding carboxylic acids is 1. The van der Waals surface area contributed by atoms with Crippen LogP contribution in [0.4, 0.5) is 5.69 Å². The van der Waals surface area contributed by atoms with E-state index in [9.17, 15) is 4.79 Å². The maximum Gasteiger partial charge on any atom is 0.265 e. The second-order valence-corrected chi connectivity index (χ2v) is 6.13. The third-order valence-corrected chi connectivity index (χ3v) is 4.54. The van der Waals surface area contributed by atoms with Crippen LogP contribution in [0.25, 0.3) is 10.1 Å². The van der Waals surface area contributed by atoms with E-state index in [4.69, 9.17) is 17.3 Å². The van der Waals surface area contributed by atoms with E-state index < -0.39 is 0 Å². The third kappa shape index (κ3) is 2.97. The number of fused-ring (bicyclic) bond motifs is 1. The predicted octanol–water partition coefficient (Wildman–Crippen LogP) is 4.18. The van der Waals surface area contributed by atoms with Crippen molar-refractivity contribution in [3.63, 3.8) is 0 Å². The second kappa shape index (κ2) is 6.29. The molecule has 20 heavy (non-hydrogen) atoms. The first kappa shape index (κ1) is 14.9. The summed E-state index contributed by atoms with van der Waals surface area (Å²) in [5.74, 6) is -0.0381. The van der Waals surface area contributed by atoms with Crippen LogP contribution in [0.5, 0.6) is 0 Å². The zero-order valence-electron chi connectivity index (χ0n) is 11.4. The molecule has 0 bridgehead atoms. The summed E-state index contributed by atoms with van der Waals surface area (Å²) in [5, 5.41) is 1.48. The zero-order valence-corrected chi connectivity index (χ0v) is 12.9. The number of rotatable bonds is 5. The molecular formula is C15H17ClN2OS. The number of hydrogen-bond acceptors (Lipinski definition) is 3. The Hall–Kier alpha value is -1.52. The number of thiophene rings is 1. The van der Waals surface area contributed by atoms with Gasteiger partial charge in [-0.05, 0) is 31.0 Å². The van der Waals surface area contributed by atoms with Gasteiger partial charge in [0.1, 0.15) is 4.88 Å². The Bertz CT molecular complexity index is 651. The second-order valence-electron chi connectivity index (χ2n) is 4.64. The van der Waals surface area contributed by atoms with E-state index in [1.54, 1.807) is 18.0 Å². The molecule has 0 unspecified atom stereocenters. The molecule has 0 aliphatic heterocycles. The molecule has 0 spiro atoms. The number of hydrogen-bond donors (Lipinski definition) is 1. The van der Waals surface area contributed by atoms with Crippen LogP contribution >= 0.6 is 22.9 Å². The van der Waals surface area contributed by atoms with E-state index in [1.165, 1.54) is 11.3 Å². The quantitative estimate of drug-likeness (QED) is 0.665. The summed E-state index contributed by atoms with van der Waals surface area (Å²) in [6.07, 6.45) is 3.66. The molecule has 2 rings (SSSR count). The lowest BCUT2D eigenvalue weighted by molar-refractivity contribution is 0.0799. The van der Waals surface area contributed by atoms with Crippen molar-refractivity contribution in [3.05, 3.63) is 40.8 Å². The van der Waals surface area contributed by atoms with Gasteiger partial charge in [0.2, 0.25) is 0 Å². The van der Waals surface area contributed by atoms with Gasteiger partial charge >= 0.3 is 0 Å². The average Bonchev–Trinajstić information content (AvgIpc) is 2.75. The van der Waals surface area contributed by atoms with Gasteiger partial charge in [-0.2, -0.15) is 0 Å². The predicted molar refractivity (Wildman–Crippen MR) is 87.6 cm³/mol. The van der Waals surface area contributed by atoms with E-state index in [1.807, 2.05) is 18.2 Å². The minimum atomic E-state index is -0.0381. The highest BCUT2D eigenvalue weighted by Crippen LogP contribution is 2.35. The van der Waals surface area contributed by atoms with Crippen molar-refractivity contribution in [3.8, 4) is 0 Å². The Balaban J connectivity index is 2.26. The van der Waals surface area contributed by atoms with Crippen LogP contribution in [0, 0.1) is 0 Å². The minimum Gasteiger partial charge on any atom is -0.397 e. The first-order valence-electron chi connectivity index (χ1n) is 6.38. The monoisotopic (exact) mass is 308 g/mol. The Morgan fingerprint density at radius 1 is 1.55 bits per heavy atom. The van der Waals surface area contributed by atoms with E-state index in [0.717, 1.165) is 22.9 Å². The van der Waals surface area contributed by atoms with E-state index in [0.29, 0.717) is 22.1 Å². The maximum atomic E-state index is 12.4. The van der Waals surface area contributed by atoms with Crippen molar-refractivity contribution < 1.29 is 4.79 Å². The van der Waals surface area contributed by atoms with Crippen LogP contribution in [0.2, 0.25) is 5.02 Å². The molecular weight excluding hydrogens is 292 g/mol. The highest BCUT2D eigenvalue weighted by atomic mass is 35.5. The number of nitrogen functional groups attached to an aromatic ring is 1. The van der Waals surface area contributed by atoms with Crippen LogP contribution < -0.4 is 5.73 Å². The normalized spacial score (nSPS) is 10.7. The molecule has 0 aliphatic rings. The number of anilines is 1.